The van der Waals surface area contributed by atoms with E-state index in [-0.39, 0.29) is 5.56 Å². The Morgan fingerprint density at radius 3 is 2.61 bits per heavy atom. The van der Waals surface area contributed by atoms with E-state index in [1.807, 2.05) is 22.9 Å². The summed E-state index contributed by atoms with van der Waals surface area (Å²) in [4.78, 5) is 20.7. The highest BCUT2D eigenvalue weighted by Gasteiger charge is 2.13. The van der Waals surface area contributed by atoms with Crippen LogP contribution in [0.15, 0.2) is 42.6 Å². The summed E-state index contributed by atoms with van der Waals surface area (Å²) >= 11 is 0. The predicted octanol–water partition coefficient (Wildman–Crippen LogP) is 4.38. The molecule has 2 aromatic heterocycles. The standard InChI is InChI=1S/C22H26N4O2/c1-3-5-13-26-21(24-20(25-26)8-4-2)14-17-12-11-16(15-23-17)18-9-6-7-10-19(18)22(27)28/h6-7,9-12,15H,3-5,8,13-14H2,1-2H3,(H,27,28). The highest BCUT2D eigenvalue weighted by Crippen LogP contribution is 2.23. The van der Waals surface area contributed by atoms with Gasteiger partial charge in [0.1, 0.15) is 5.82 Å². The molecule has 0 aliphatic carbocycles. The van der Waals surface area contributed by atoms with Crippen molar-refractivity contribution in [1.29, 1.82) is 0 Å². The van der Waals surface area contributed by atoms with Gasteiger partial charge in [-0.1, -0.05) is 44.5 Å². The molecule has 3 aromatic rings. The maximum absolute atomic E-state index is 11.4. The number of aromatic nitrogens is 4. The minimum absolute atomic E-state index is 0.278. The third kappa shape index (κ3) is 4.63. The molecule has 0 fully saturated rings. The van der Waals surface area contributed by atoms with Crippen LogP contribution in [0.2, 0.25) is 0 Å². The van der Waals surface area contributed by atoms with Gasteiger partial charge in [0, 0.05) is 36.8 Å². The third-order valence-corrected chi connectivity index (χ3v) is 4.62. The number of carboxylic acids is 1. The third-order valence-electron chi connectivity index (χ3n) is 4.62. The van der Waals surface area contributed by atoms with Crippen LogP contribution in [0.25, 0.3) is 11.1 Å². The molecule has 0 radical (unpaired) electrons. The summed E-state index contributed by atoms with van der Waals surface area (Å²) in [5.41, 5.74) is 2.64. The number of rotatable bonds is 9. The van der Waals surface area contributed by atoms with Gasteiger partial charge in [0.25, 0.3) is 0 Å². The van der Waals surface area contributed by atoms with Gasteiger partial charge in [-0.25, -0.2) is 14.5 Å². The van der Waals surface area contributed by atoms with E-state index < -0.39 is 5.97 Å². The van der Waals surface area contributed by atoms with Gasteiger partial charge in [-0.15, -0.1) is 0 Å². The minimum atomic E-state index is -0.938. The Hall–Kier alpha value is -3.02. The van der Waals surface area contributed by atoms with Gasteiger partial charge >= 0.3 is 5.97 Å². The van der Waals surface area contributed by atoms with E-state index in [4.69, 9.17) is 4.98 Å². The molecule has 0 amide bonds. The summed E-state index contributed by atoms with van der Waals surface area (Å²) in [5.74, 6) is 0.885. The van der Waals surface area contributed by atoms with Crippen molar-refractivity contribution in [1.82, 2.24) is 19.7 Å². The van der Waals surface area contributed by atoms with Gasteiger partial charge in [-0.3, -0.25) is 4.98 Å². The number of aromatic carboxylic acids is 1. The molecule has 2 heterocycles. The fraction of sp³-hybridized carbons (Fsp3) is 0.364. The maximum Gasteiger partial charge on any atom is 0.336 e. The Morgan fingerprint density at radius 2 is 1.93 bits per heavy atom. The number of aryl methyl sites for hydroxylation is 2. The SMILES string of the molecule is CCCCn1nc(CCC)nc1Cc1ccc(-c2ccccc2C(=O)O)cn1. The van der Waals surface area contributed by atoms with E-state index in [1.54, 1.807) is 24.4 Å². The molecule has 146 valence electrons. The highest BCUT2D eigenvalue weighted by atomic mass is 16.4. The van der Waals surface area contributed by atoms with Gasteiger partial charge in [-0.2, -0.15) is 5.10 Å². The van der Waals surface area contributed by atoms with Crippen molar-refractivity contribution in [3.8, 4) is 11.1 Å². The number of pyridine rings is 1. The van der Waals surface area contributed by atoms with Crippen molar-refractivity contribution in [2.24, 2.45) is 0 Å². The van der Waals surface area contributed by atoms with Crippen molar-refractivity contribution in [3.05, 3.63) is 65.5 Å². The molecule has 0 unspecified atom stereocenters. The van der Waals surface area contributed by atoms with Crippen LogP contribution in [0.3, 0.4) is 0 Å². The molecule has 0 aliphatic heterocycles. The lowest BCUT2D eigenvalue weighted by Gasteiger charge is -2.08. The lowest BCUT2D eigenvalue weighted by molar-refractivity contribution is 0.0697. The second-order valence-electron chi connectivity index (χ2n) is 6.84. The summed E-state index contributed by atoms with van der Waals surface area (Å²) in [5, 5.41) is 14.0. The second-order valence-corrected chi connectivity index (χ2v) is 6.84. The van der Waals surface area contributed by atoms with Crippen LogP contribution in [0.5, 0.6) is 0 Å². The smallest absolute Gasteiger partial charge is 0.336 e. The normalized spacial score (nSPS) is 10.9. The molecule has 0 saturated heterocycles. The van der Waals surface area contributed by atoms with Gasteiger partial charge < -0.3 is 5.11 Å². The van der Waals surface area contributed by atoms with Crippen molar-refractivity contribution in [2.45, 2.75) is 52.5 Å². The summed E-state index contributed by atoms with van der Waals surface area (Å²) in [7, 11) is 0. The molecule has 1 aromatic carbocycles. The van der Waals surface area contributed by atoms with Gasteiger partial charge in [-0.05, 0) is 30.5 Å². The quantitative estimate of drug-likeness (QED) is 0.597. The minimum Gasteiger partial charge on any atom is -0.478 e. The Morgan fingerprint density at radius 1 is 1.11 bits per heavy atom. The monoisotopic (exact) mass is 378 g/mol. The topological polar surface area (TPSA) is 80.9 Å². The van der Waals surface area contributed by atoms with E-state index in [2.05, 4.69) is 23.9 Å². The first-order valence-corrected chi connectivity index (χ1v) is 9.82. The number of benzene rings is 1. The van der Waals surface area contributed by atoms with E-state index in [0.29, 0.717) is 12.0 Å². The van der Waals surface area contributed by atoms with Crippen molar-refractivity contribution < 1.29 is 9.90 Å². The Balaban J connectivity index is 1.82. The summed E-state index contributed by atoms with van der Waals surface area (Å²) in [6.45, 7) is 5.16. The number of nitrogens with zero attached hydrogens (tertiary/aromatic N) is 4. The molecule has 0 spiro atoms. The Bertz CT molecular complexity index is 932. The van der Waals surface area contributed by atoms with Crippen LogP contribution in [0.1, 0.15) is 60.8 Å². The molecule has 0 atom stereocenters. The van der Waals surface area contributed by atoms with Crippen LogP contribution in [-0.4, -0.2) is 30.8 Å². The average molecular weight is 378 g/mol. The van der Waals surface area contributed by atoms with Crippen molar-refractivity contribution in [2.75, 3.05) is 0 Å². The fourth-order valence-electron chi connectivity index (χ4n) is 3.15. The Kier molecular flexibility index (Phi) is 6.53. The predicted molar refractivity (Wildman–Crippen MR) is 108 cm³/mol. The molecule has 1 N–H and O–H groups in total. The molecule has 6 nitrogen and oxygen atoms in total. The summed E-state index contributed by atoms with van der Waals surface area (Å²) in [6, 6.07) is 10.8. The second kappa shape index (κ2) is 9.26. The van der Waals surface area contributed by atoms with E-state index in [1.165, 1.54) is 0 Å². The molecule has 6 heteroatoms. The lowest BCUT2D eigenvalue weighted by atomic mass is 10.0. The van der Waals surface area contributed by atoms with E-state index in [0.717, 1.165) is 55.1 Å². The molecule has 0 saturated carbocycles. The zero-order valence-electron chi connectivity index (χ0n) is 16.4. The first kappa shape index (κ1) is 19.7. The molecular formula is C22H26N4O2. The largest absolute Gasteiger partial charge is 0.478 e. The zero-order valence-corrected chi connectivity index (χ0v) is 16.4. The summed E-state index contributed by atoms with van der Waals surface area (Å²) < 4.78 is 2.00. The maximum atomic E-state index is 11.4. The number of carboxylic acid groups (broad SMARTS) is 1. The van der Waals surface area contributed by atoms with Crippen LogP contribution in [0, 0.1) is 0 Å². The molecule has 0 aliphatic rings. The van der Waals surface area contributed by atoms with E-state index in [9.17, 15) is 9.90 Å². The van der Waals surface area contributed by atoms with Crippen molar-refractivity contribution >= 4 is 5.97 Å². The molecule has 28 heavy (non-hydrogen) atoms. The van der Waals surface area contributed by atoms with Crippen LogP contribution >= 0.6 is 0 Å². The first-order chi connectivity index (χ1) is 13.6. The van der Waals surface area contributed by atoms with E-state index >= 15 is 0 Å². The lowest BCUT2D eigenvalue weighted by Crippen LogP contribution is -2.07. The van der Waals surface area contributed by atoms with Crippen LogP contribution < -0.4 is 0 Å². The number of unbranched alkanes of at least 4 members (excludes halogenated alkanes) is 1. The number of carbonyl (C=O) groups is 1. The van der Waals surface area contributed by atoms with Gasteiger partial charge in [0.05, 0.1) is 5.56 Å². The van der Waals surface area contributed by atoms with Crippen molar-refractivity contribution in [3.63, 3.8) is 0 Å². The van der Waals surface area contributed by atoms with Gasteiger partial charge in [0.2, 0.25) is 0 Å². The summed E-state index contributed by atoms with van der Waals surface area (Å²) in [6.07, 6.45) is 6.42. The van der Waals surface area contributed by atoms with Crippen LogP contribution in [-0.2, 0) is 19.4 Å². The fourth-order valence-corrected chi connectivity index (χ4v) is 3.15. The molecule has 0 bridgehead atoms. The molecular weight excluding hydrogens is 352 g/mol. The molecule has 3 rings (SSSR count). The number of hydrogen-bond donors (Lipinski definition) is 1. The Labute approximate surface area is 165 Å². The first-order valence-electron chi connectivity index (χ1n) is 9.82. The zero-order chi connectivity index (χ0) is 19.9. The highest BCUT2D eigenvalue weighted by molar-refractivity contribution is 5.95. The number of hydrogen-bond acceptors (Lipinski definition) is 4. The van der Waals surface area contributed by atoms with Crippen LogP contribution in [0.4, 0.5) is 0 Å². The van der Waals surface area contributed by atoms with Gasteiger partial charge in [0.15, 0.2) is 5.82 Å². The average Bonchev–Trinajstić information content (AvgIpc) is 3.08.